The third-order valence-electron chi connectivity index (χ3n) is 3.04. The lowest BCUT2D eigenvalue weighted by molar-refractivity contribution is 0.181. The van der Waals surface area contributed by atoms with Gasteiger partial charge in [-0.2, -0.15) is 0 Å². The number of phenols is 1. The standard InChI is InChI=1S/C12H20N2O/c1-12(9-13,14(2)3)8-10-4-6-11(15)7-5-10/h4-7,15H,8-9,13H2,1-3H3/t12-/m0/s1. The average Bonchev–Trinajstić information content (AvgIpc) is 2.21. The van der Waals surface area contributed by atoms with Crippen molar-refractivity contribution in [2.75, 3.05) is 20.6 Å². The van der Waals surface area contributed by atoms with Gasteiger partial charge in [0.25, 0.3) is 0 Å². The van der Waals surface area contributed by atoms with Crippen LogP contribution in [0.1, 0.15) is 12.5 Å². The van der Waals surface area contributed by atoms with Crippen LogP contribution in [0.15, 0.2) is 24.3 Å². The van der Waals surface area contributed by atoms with E-state index < -0.39 is 0 Å². The second kappa shape index (κ2) is 4.64. The van der Waals surface area contributed by atoms with Crippen molar-refractivity contribution in [3.05, 3.63) is 29.8 Å². The SMILES string of the molecule is CN(C)[C@](C)(CN)Cc1ccc(O)cc1. The van der Waals surface area contributed by atoms with Crippen LogP contribution in [0.3, 0.4) is 0 Å². The fourth-order valence-corrected chi connectivity index (χ4v) is 1.47. The minimum absolute atomic E-state index is 0.0308. The molecular formula is C12H20N2O. The maximum absolute atomic E-state index is 9.19. The average molecular weight is 208 g/mol. The Bertz CT molecular complexity index is 308. The molecular weight excluding hydrogens is 188 g/mol. The van der Waals surface area contributed by atoms with Crippen LogP contribution in [0.4, 0.5) is 0 Å². The van der Waals surface area contributed by atoms with Gasteiger partial charge in [-0.25, -0.2) is 0 Å². The lowest BCUT2D eigenvalue weighted by atomic mass is 9.92. The van der Waals surface area contributed by atoms with E-state index in [0.717, 1.165) is 6.42 Å². The molecule has 0 saturated heterocycles. The molecule has 0 saturated carbocycles. The molecule has 0 heterocycles. The highest BCUT2D eigenvalue weighted by atomic mass is 16.3. The van der Waals surface area contributed by atoms with Crippen molar-refractivity contribution in [1.29, 1.82) is 0 Å². The van der Waals surface area contributed by atoms with E-state index in [1.807, 2.05) is 26.2 Å². The van der Waals surface area contributed by atoms with Gasteiger partial charge in [-0.15, -0.1) is 0 Å². The summed E-state index contributed by atoms with van der Waals surface area (Å²) in [6, 6.07) is 7.29. The highest BCUT2D eigenvalue weighted by Gasteiger charge is 2.25. The highest BCUT2D eigenvalue weighted by Crippen LogP contribution is 2.19. The molecule has 1 aromatic carbocycles. The summed E-state index contributed by atoms with van der Waals surface area (Å²) in [6.07, 6.45) is 0.886. The van der Waals surface area contributed by atoms with Gasteiger partial charge in [0.1, 0.15) is 5.75 Å². The smallest absolute Gasteiger partial charge is 0.115 e. The maximum Gasteiger partial charge on any atom is 0.115 e. The van der Waals surface area contributed by atoms with E-state index in [1.165, 1.54) is 5.56 Å². The minimum atomic E-state index is -0.0308. The normalized spacial score (nSPS) is 15.3. The molecule has 3 nitrogen and oxygen atoms in total. The number of hydrogen-bond donors (Lipinski definition) is 2. The summed E-state index contributed by atoms with van der Waals surface area (Å²) in [5.41, 5.74) is 6.95. The monoisotopic (exact) mass is 208 g/mol. The Morgan fingerprint density at radius 3 is 2.20 bits per heavy atom. The van der Waals surface area contributed by atoms with Gasteiger partial charge in [-0.3, -0.25) is 0 Å². The number of hydrogen-bond acceptors (Lipinski definition) is 3. The Hall–Kier alpha value is -1.06. The zero-order valence-corrected chi connectivity index (χ0v) is 9.70. The number of aromatic hydroxyl groups is 1. The van der Waals surface area contributed by atoms with Crippen LogP contribution in [0.2, 0.25) is 0 Å². The van der Waals surface area contributed by atoms with Gasteiger partial charge in [-0.1, -0.05) is 12.1 Å². The van der Waals surface area contributed by atoms with Gasteiger partial charge in [0, 0.05) is 12.1 Å². The first-order valence-electron chi connectivity index (χ1n) is 5.13. The quantitative estimate of drug-likeness (QED) is 0.782. The molecule has 0 aliphatic carbocycles. The Labute approximate surface area is 91.5 Å². The second-order valence-corrected chi connectivity index (χ2v) is 4.44. The summed E-state index contributed by atoms with van der Waals surface area (Å²) in [5.74, 6) is 0.304. The van der Waals surface area contributed by atoms with Gasteiger partial charge in [-0.05, 0) is 45.1 Å². The predicted molar refractivity (Wildman–Crippen MR) is 63.0 cm³/mol. The summed E-state index contributed by atoms with van der Waals surface area (Å²) >= 11 is 0. The second-order valence-electron chi connectivity index (χ2n) is 4.44. The molecule has 0 aliphatic rings. The number of likely N-dealkylation sites (N-methyl/N-ethyl adjacent to an activating group) is 1. The largest absolute Gasteiger partial charge is 0.508 e. The molecule has 1 aromatic rings. The molecule has 1 atom stereocenters. The lowest BCUT2D eigenvalue weighted by Crippen LogP contribution is -2.49. The first kappa shape index (κ1) is 12.0. The van der Waals surface area contributed by atoms with Crippen molar-refractivity contribution >= 4 is 0 Å². The molecule has 0 fully saturated rings. The lowest BCUT2D eigenvalue weighted by Gasteiger charge is -2.35. The van der Waals surface area contributed by atoms with Crippen LogP contribution in [0.25, 0.3) is 0 Å². The zero-order chi connectivity index (χ0) is 11.5. The summed E-state index contributed by atoms with van der Waals surface area (Å²) in [5, 5.41) is 9.19. The van der Waals surface area contributed by atoms with Crippen LogP contribution in [0, 0.1) is 0 Å². The van der Waals surface area contributed by atoms with Crippen molar-refractivity contribution in [1.82, 2.24) is 4.90 Å². The van der Waals surface area contributed by atoms with Crippen LogP contribution < -0.4 is 5.73 Å². The molecule has 0 bridgehead atoms. The molecule has 0 amide bonds. The van der Waals surface area contributed by atoms with Crippen molar-refractivity contribution in [3.8, 4) is 5.75 Å². The van der Waals surface area contributed by atoms with Crippen LogP contribution >= 0.6 is 0 Å². The Kier molecular flexibility index (Phi) is 3.72. The van der Waals surface area contributed by atoms with E-state index in [-0.39, 0.29) is 5.54 Å². The number of nitrogens with zero attached hydrogens (tertiary/aromatic N) is 1. The van der Waals surface area contributed by atoms with Gasteiger partial charge >= 0.3 is 0 Å². The first-order valence-corrected chi connectivity index (χ1v) is 5.13. The van der Waals surface area contributed by atoms with E-state index in [1.54, 1.807) is 12.1 Å². The van der Waals surface area contributed by atoms with Gasteiger partial charge < -0.3 is 15.7 Å². The van der Waals surface area contributed by atoms with Crippen molar-refractivity contribution in [2.45, 2.75) is 18.9 Å². The Morgan fingerprint density at radius 1 is 1.27 bits per heavy atom. The molecule has 3 heteroatoms. The Balaban J connectivity index is 2.79. The summed E-state index contributed by atoms with van der Waals surface area (Å²) in [7, 11) is 4.07. The van der Waals surface area contributed by atoms with Crippen LogP contribution in [-0.2, 0) is 6.42 Å². The van der Waals surface area contributed by atoms with E-state index in [4.69, 9.17) is 5.73 Å². The fraction of sp³-hybridized carbons (Fsp3) is 0.500. The first-order chi connectivity index (χ1) is 6.98. The third-order valence-corrected chi connectivity index (χ3v) is 3.04. The molecule has 0 spiro atoms. The van der Waals surface area contributed by atoms with Crippen LogP contribution in [0.5, 0.6) is 5.75 Å². The molecule has 0 radical (unpaired) electrons. The van der Waals surface area contributed by atoms with E-state index in [9.17, 15) is 5.11 Å². The van der Waals surface area contributed by atoms with Crippen LogP contribution in [-0.4, -0.2) is 36.2 Å². The van der Waals surface area contributed by atoms with Crippen molar-refractivity contribution < 1.29 is 5.11 Å². The molecule has 0 unspecified atom stereocenters. The topological polar surface area (TPSA) is 49.5 Å². The highest BCUT2D eigenvalue weighted by molar-refractivity contribution is 5.27. The van der Waals surface area contributed by atoms with Crippen molar-refractivity contribution in [3.63, 3.8) is 0 Å². The van der Waals surface area contributed by atoms with E-state index >= 15 is 0 Å². The van der Waals surface area contributed by atoms with Gasteiger partial charge in [0.2, 0.25) is 0 Å². The van der Waals surface area contributed by atoms with E-state index in [2.05, 4.69) is 11.8 Å². The Morgan fingerprint density at radius 2 is 1.80 bits per heavy atom. The number of phenolic OH excluding ortho intramolecular Hbond substituents is 1. The molecule has 84 valence electrons. The molecule has 3 N–H and O–H groups in total. The molecule has 1 rings (SSSR count). The minimum Gasteiger partial charge on any atom is -0.508 e. The summed E-state index contributed by atoms with van der Waals surface area (Å²) in [6.45, 7) is 2.75. The predicted octanol–water partition coefficient (Wildman–Crippen LogP) is 1.21. The fourth-order valence-electron chi connectivity index (χ4n) is 1.47. The van der Waals surface area contributed by atoms with Gasteiger partial charge in [0.15, 0.2) is 0 Å². The zero-order valence-electron chi connectivity index (χ0n) is 9.70. The third kappa shape index (κ3) is 2.94. The number of rotatable bonds is 4. The summed E-state index contributed by atoms with van der Waals surface area (Å²) < 4.78 is 0. The number of nitrogens with two attached hydrogens (primary N) is 1. The molecule has 0 aromatic heterocycles. The summed E-state index contributed by atoms with van der Waals surface area (Å²) in [4.78, 5) is 2.14. The van der Waals surface area contributed by atoms with E-state index in [0.29, 0.717) is 12.3 Å². The van der Waals surface area contributed by atoms with Gasteiger partial charge in [0.05, 0.1) is 0 Å². The number of benzene rings is 1. The maximum atomic E-state index is 9.19. The van der Waals surface area contributed by atoms with Crippen molar-refractivity contribution in [2.24, 2.45) is 5.73 Å². The molecule has 15 heavy (non-hydrogen) atoms. The molecule has 0 aliphatic heterocycles.